The van der Waals surface area contributed by atoms with Crippen molar-refractivity contribution in [2.45, 2.75) is 6.42 Å². The Hall–Kier alpha value is -3.26. The molecule has 2 aliphatic carbocycles. The van der Waals surface area contributed by atoms with Crippen molar-refractivity contribution in [3.8, 4) is 11.3 Å². The quantitative estimate of drug-likeness (QED) is 0.251. The number of halogens is 1. The fraction of sp³-hybridized carbons (Fsp3) is 0.250. The summed E-state index contributed by atoms with van der Waals surface area (Å²) < 4.78 is 5.62. The van der Waals surface area contributed by atoms with Crippen LogP contribution in [0.3, 0.4) is 0 Å². The fourth-order valence-electron chi connectivity index (χ4n) is 4.55. The summed E-state index contributed by atoms with van der Waals surface area (Å²) in [6, 6.07) is 7.40. The summed E-state index contributed by atoms with van der Waals surface area (Å²) in [4.78, 5) is 36.0. The van der Waals surface area contributed by atoms with Crippen LogP contribution in [-0.2, 0) is 9.59 Å². The van der Waals surface area contributed by atoms with Gasteiger partial charge >= 0.3 is 0 Å². The zero-order valence-electron chi connectivity index (χ0n) is 14.9. The molecule has 0 radical (unpaired) electrons. The second kappa shape index (κ2) is 6.38. The Labute approximate surface area is 169 Å². The van der Waals surface area contributed by atoms with E-state index in [-0.39, 0.29) is 63.3 Å². The van der Waals surface area contributed by atoms with E-state index in [2.05, 4.69) is 5.10 Å². The van der Waals surface area contributed by atoms with Gasteiger partial charge in [0.15, 0.2) is 0 Å². The standard InChI is InChI=1S/C20H14ClN3O5/c21-12-3-5-14(15(8-12)24(27)28)16-6-4-13(29-16)9-22-23-19(25)17-10-1-2-11(7-10)18(17)20(23)26/h1-6,8-11,17-18H,7H2/b22-9-/t10-,11-,17+,18+/m0/s1. The molecule has 4 atom stereocenters. The Kier molecular flexibility index (Phi) is 3.92. The van der Waals surface area contributed by atoms with E-state index in [4.69, 9.17) is 16.0 Å². The SMILES string of the molecule is O=C1[C@H]2[C@H](C(=O)N1/N=C\c1ccc(-c3ccc(Cl)cc3[N+](=O)[O-])o1)[C@H]1C=C[C@H]2C1. The minimum absolute atomic E-state index is 0.113. The minimum Gasteiger partial charge on any atom is -0.455 e. The molecule has 2 fully saturated rings. The van der Waals surface area contributed by atoms with Crippen LogP contribution in [-0.4, -0.2) is 28.0 Å². The first-order chi connectivity index (χ1) is 13.9. The van der Waals surface area contributed by atoms with Gasteiger partial charge in [0.2, 0.25) is 0 Å². The lowest BCUT2D eigenvalue weighted by molar-refractivity contribution is -0.384. The van der Waals surface area contributed by atoms with Crippen molar-refractivity contribution in [2.24, 2.45) is 28.8 Å². The number of nitrogens with zero attached hydrogens (tertiary/aromatic N) is 3. The molecule has 0 spiro atoms. The number of rotatable bonds is 4. The third-order valence-electron chi connectivity index (χ3n) is 5.80. The summed E-state index contributed by atoms with van der Waals surface area (Å²) in [5.74, 6) is -0.459. The van der Waals surface area contributed by atoms with Gasteiger partial charge in [-0.3, -0.25) is 19.7 Å². The van der Waals surface area contributed by atoms with Crippen molar-refractivity contribution >= 4 is 35.3 Å². The number of allylic oxidation sites excluding steroid dienone is 2. The first-order valence-corrected chi connectivity index (χ1v) is 9.46. The van der Waals surface area contributed by atoms with Gasteiger partial charge in [-0.15, -0.1) is 0 Å². The number of carbonyl (C=O) groups excluding carboxylic acids is 2. The molecule has 3 aliphatic rings. The highest BCUT2D eigenvalue weighted by atomic mass is 35.5. The van der Waals surface area contributed by atoms with Gasteiger partial charge in [-0.05, 0) is 42.5 Å². The van der Waals surface area contributed by atoms with Crippen LogP contribution in [0, 0.1) is 33.8 Å². The van der Waals surface area contributed by atoms with Gasteiger partial charge in [-0.1, -0.05) is 23.8 Å². The molecule has 8 nitrogen and oxygen atoms in total. The maximum atomic E-state index is 12.6. The van der Waals surface area contributed by atoms with E-state index in [1.54, 1.807) is 12.1 Å². The van der Waals surface area contributed by atoms with Crippen LogP contribution in [0.5, 0.6) is 0 Å². The molecule has 1 aliphatic heterocycles. The lowest BCUT2D eigenvalue weighted by Crippen LogP contribution is -2.28. The average Bonchev–Trinajstić information content (AvgIpc) is 3.46. The summed E-state index contributed by atoms with van der Waals surface area (Å²) in [5.41, 5.74) is 0.0839. The molecule has 0 unspecified atom stereocenters. The molecule has 2 heterocycles. The smallest absolute Gasteiger partial charge is 0.281 e. The van der Waals surface area contributed by atoms with Gasteiger partial charge in [-0.25, -0.2) is 0 Å². The highest BCUT2D eigenvalue weighted by Crippen LogP contribution is 2.52. The van der Waals surface area contributed by atoms with Gasteiger partial charge < -0.3 is 4.42 Å². The molecule has 1 saturated carbocycles. The molecule has 146 valence electrons. The number of carbonyl (C=O) groups is 2. The highest BCUT2D eigenvalue weighted by Gasteiger charge is 2.59. The molecule has 5 rings (SSSR count). The number of nitro benzene ring substituents is 1. The Morgan fingerprint density at radius 2 is 1.83 bits per heavy atom. The zero-order valence-corrected chi connectivity index (χ0v) is 15.7. The van der Waals surface area contributed by atoms with Gasteiger partial charge in [0.25, 0.3) is 17.5 Å². The van der Waals surface area contributed by atoms with Crippen molar-refractivity contribution in [3.63, 3.8) is 0 Å². The monoisotopic (exact) mass is 411 g/mol. The molecule has 2 amide bonds. The highest BCUT2D eigenvalue weighted by molar-refractivity contribution is 6.30. The number of amides is 2. The normalized spacial score (nSPS) is 27.4. The van der Waals surface area contributed by atoms with Crippen LogP contribution < -0.4 is 0 Å². The second-order valence-corrected chi connectivity index (χ2v) is 7.79. The first kappa shape index (κ1) is 17.8. The molecule has 0 N–H and O–H groups in total. The van der Waals surface area contributed by atoms with Gasteiger partial charge in [0.1, 0.15) is 11.5 Å². The average molecular weight is 412 g/mol. The molecular formula is C20H14ClN3O5. The van der Waals surface area contributed by atoms with Crippen molar-refractivity contribution in [2.75, 3.05) is 0 Å². The van der Waals surface area contributed by atoms with E-state index >= 15 is 0 Å². The van der Waals surface area contributed by atoms with Crippen LogP contribution in [0.1, 0.15) is 12.2 Å². The molecule has 1 aromatic heterocycles. The van der Waals surface area contributed by atoms with Crippen molar-refractivity contribution in [1.29, 1.82) is 0 Å². The van der Waals surface area contributed by atoms with Crippen LogP contribution in [0.4, 0.5) is 5.69 Å². The van der Waals surface area contributed by atoms with Crippen LogP contribution in [0.2, 0.25) is 5.02 Å². The third-order valence-corrected chi connectivity index (χ3v) is 6.03. The van der Waals surface area contributed by atoms with Gasteiger partial charge in [0.05, 0.1) is 28.5 Å². The topological polar surface area (TPSA) is 106 Å². The van der Waals surface area contributed by atoms with E-state index in [0.29, 0.717) is 0 Å². The van der Waals surface area contributed by atoms with E-state index in [9.17, 15) is 19.7 Å². The maximum Gasteiger partial charge on any atom is 0.281 e. The molecule has 29 heavy (non-hydrogen) atoms. The number of hydrogen-bond donors (Lipinski definition) is 0. The number of imide groups is 1. The fourth-order valence-corrected chi connectivity index (χ4v) is 4.71. The first-order valence-electron chi connectivity index (χ1n) is 9.08. The lowest BCUT2D eigenvalue weighted by Gasteiger charge is -2.13. The minimum atomic E-state index is -0.542. The van der Waals surface area contributed by atoms with E-state index in [1.807, 2.05) is 12.2 Å². The Balaban J connectivity index is 1.39. The van der Waals surface area contributed by atoms with Crippen LogP contribution in [0.25, 0.3) is 11.3 Å². The predicted molar refractivity (Wildman–Crippen MR) is 103 cm³/mol. The van der Waals surface area contributed by atoms with Crippen molar-refractivity contribution < 1.29 is 18.9 Å². The number of fused-ring (bicyclic) bond motifs is 5. The number of furan rings is 1. The van der Waals surface area contributed by atoms with Gasteiger partial charge in [-0.2, -0.15) is 10.1 Å². The molecule has 2 aromatic rings. The number of hydrazone groups is 1. The Morgan fingerprint density at radius 3 is 2.48 bits per heavy atom. The summed E-state index contributed by atoms with van der Waals surface area (Å²) in [6.45, 7) is 0. The van der Waals surface area contributed by atoms with Gasteiger partial charge in [0, 0.05) is 11.1 Å². The lowest BCUT2D eigenvalue weighted by atomic mass is 9.85. The third kappa shape index (κ3) is 2.71. The number of benzene rings is 1. The van der Waals surface area contributed by atoms with Crippen LogP contribution >= 0.6 is 11.6 Å². The Morgan fingerprint density at radius 1 is 1.14 bits per heavy atom. The largest absolute Gasteiger partial charge is 0.455 e. The Bertz CT molecular complexity index is 1090. The van der Waals surface area contributed by atoms with Crippen molar-refractivity contribution in [3.05, 3.63) is 63.4 Å². The molecule has 2 bridgehead atoms. The molecule has 1 aromatic carbocycles. The van der Waals surface area contributed by atoms with Crippen molar-refractivity contribution in [1.82, 2.24) is 5.01 Å². The summed E-state index contributed by atoms with van der Waals surface area (Å²) in [5, 5.41) is 16.5. The zero-order chi connectivity index (χ0) is 20.3. The molecular weight excluding hydrogens is 398 g/mol. The number of nitro groups is 1. The van der Waals surface area contributed by atoms with Crippen LogP contribution in [0.15, 0.2) is 52.0 Å². The van der Waals surface area contributed by atoms with E-state index in [1.165, 1.54) is 24.4 Å². The maximum absolute atomic E-state index is 12.6. The summed E-state index contributed by atoms with van der Waals surface area (Å²) in [7, 11) is 0. The molecule has 1 saturated heterocycles. The van der Waals surface area contributed by atoms with E-state index < -0.39 is 4.92 Å². The predicted octanol–water partition coefficient (Wildman–Crippen LogP) is 3.65. The summed E-state index contributed by atoms with van der Waals surface area (Å²) >= 11 is 5.84. The number of hydrogen-bond acceptors (Lipinski definition) is 6. The van der Waals surface area contributed by atoms with E-state index in [0.717, 1.165) is 11.4 Å². The summed E-state index contributed by atoms with van der Waals surface area (Å²) in [6.07, 6.45) is 6.16. The second-order valence-electron chi connectivity index (χ2n) is 7.35. The molecule has 9 heteroatoms.